The minimum Gasteiger partial charge on any atom is -0.444 e. The number of fused-ring (bicyclic) bond motifs is 1. The molecule has 1 saturated heterocycles. The smallest absolute Gasteiger partial charge is 0.407 e. The van der Waals surface area contributed by atoms with Gasteiger partial charge in [-0.25, -0.2) is 9.59 Å². The molecule has 1 aromatic carbocycles. The number of imidazole rings is 1. The van der Waals surface area contributed by atoms with E-state index in [0.717, 1.165) is 0 Å². The van der Waals surface area contributed by atoms with Crippen molar-refractivity contribution >= 4 is 28.9 Å². The van der Waals surface area contributed by atoms with Crippen molar-refractivity contribution in [3.8, 4) is 11.8 Å². The Morgan fingerprint density at radius 2 is 1.62 bits per heavy atom. The van der Waals surface area contributed by atoms with E-state index in [2.05, 4.69) is 22.5 Å². The van der Waals surface area contributed by atoms with Crippen LogP contribution in [0.15, 0.2) is 23.0 Å². The van der Waals surface area contributed by atoms with Crippen LogP contribution in [-0.2, 0) is 40.3 Å². The molecule has 1 fully saturated rings. The van der Waals surface area contributed by atoms with E-state index in [-0.39, 0.29) is 31.0 Å². The third-order valence-electron chi connectivity index (χ3n) is 6.05. The van der Waals surface area contributed by atoms with Crippen LogP contribution in [0.3, 0.4) is 0 Å². The largest absolute Gasteiger partial charge is 0.444 e. The second-order valence-corrected chi connectivity index (χ2v) is 10.5. The normalized spacial score (nSPS) is 15.3. The lowest BCUT2D eigenvalue weighted by molar-refractivity contribution is -0.135. The van der Waals surface area contributed by atoms with Crippen LogP contribution in [0.4, 0.5) is 4.79 Å². The van der Waals surface area contributed by atoms with Crippen LogP contribution in [0.25, 0.3) is 11.0 Å². The molecule has 2 N–H and O–H groups in total. The number of carbonyl (C=O) groups excluding carboxylic acids is 3. The molecule has 0 aliphatic carbocycles. The molecule has 1 aliphatic rings. The Morgan fingerprint density at radius 3 is 2.26 bits per heavy atom. The summed E-state index contributed by atoms with van der Waals surface area (Å²) in [5.74, 6) is 5.17. The maximum atomic E-state index is 12.8. The van der Waals surface area contributed by atoms with Crippen molar-refractivity contribution in [1.82, 2.24) is 19.8 Å². The van der Waals surface area contributed by atoms with Crippen molar-refractivity contribution in [2.45, 2.75) is 45.3 Å². The fourth-order valence-electron chi connectivity index (χ4n) is 4.13. The second kappa shape index (κ2) is 16.1. The van der Waals surface area contributed by atoms with Crippen molar-refractivity contribution in [2.75, 3.05) is 59.4 Å². The molecular weight excluding hydrogens is 548 g/mol. The molecule has 1 aliphatic heterocycles. The van der Waals surface area contributed by atoms with Crippen LogP contribution < -0.4 is 16.3 Å². The van der Waals surface area contributed by atoms with Gasteiger partial charge < -0.3 is 29.0 Å². The van der Waals surface area contributed by atoms with Crippen molar-refractivity contribution in [1.29, 1.82) is 0 Å². The first-order valence-corrected chi connectivity index (χ1v) is 13.9. The second-order valence-electron chi connectivity index (χ2n) is 10.5. The van der Waals surface area contributed by atoms with E-state index in [1.807, 2.05) is 0 Å². The molecular formula is C29H40N4O9. The van der Waals surface area contributed by atoms with E-state index in [9.17, 15) is 19.2 Å². The van der Waals surface area contributed by atoms with Gasteiger partial charge in [-0.05, 0) is 45.4 Å². The first-order valence-electron chi connectivity index (χ1n) is 13.9. The Balaban J connectivity index is 1.25. The third-order valence-corrected chi connectivity index (χ3v) is 6.05. The predicted octanol–water partition coefficient (Wildman–Crippen LogP) is 1.26. The number of rotatable bonds is 14. The lowest BCUT2D eigenvalue weighted by Crippen LogP contribution is -2.44. The zero-order valence-electron chi connectivity index (χ0n) is 24.7. The summed E-state index contributed by atoms with van der Waals surface area (Å²) in [6, 6.07) is 4.61. The number of carbonyl (C=O) groups is 3. The number of nitrogens with one attached hydrogen (secondary N) is 2. The fraction of sp³-hybridized carbons (Fsp3) is 0.586. The number of hydrogen-bond donors (Lipinski definition) is 2. The lowest BCUT2D eigenvalue weighted by atomic mass is 10.1. The Hall–Kier alpha value is -3.70. The van der Waals surface area contributed by atoms with Gasteiger partial charge in [0.15, 0.2) is 0 Å². The number of nitrogens with zero attached hydrogens (tertiary/aromatic N) is 2. The molecule has 2 aromatic rings. The molecule has 0 bridgehead atoms. The van der Waals surface area contributed by atoms with Gasteiger partial charge in [-0.3, -0.25) is 24.0 Å². The fourth-order valence-corrected chi connectivity index (χ4v) is 4.13. The molecule has 1 atom stereocenters. The van der Waals surface area contributed by atoms with Crippen molar-refractivity contribution in [2.24, 2.45) is 7.05 Å². The van der Waals surface area contributed by atoms with Gasteiger partial charge >= 0.3 is 11.8 Å². The summed E-state index contributed by atoms with van der Waals surface area (Å²) in [6.07, 6.45) is 0.00527. The number of piperidine rings is 1. The maximum Gasteiger partial charge on any atom is 0.407 e. The highest BCUT2D eigenvalue weighted by Gasteiger charge is 2.31. The standard InChI is InChI=1S/C29H40N4O9/c1-29(2,3)42-27(36)30-11-13-39-15-17-41-19-18-40-16-14-38-12-5-6-21-7-8-22-24(20-21)32(4)28(37)33(22)23-9-10-25(34)31-26(23)35/h7-8,20,23H,9-19H2,1-4H3,(H,30,36)(H,31,34,35). The van der Waals surface area contributed by atoms with E-state index in [1.165, 1.54) is 9.13 Å². The Kier molecular flexibility index (Phi) is 12.6. The number of ether oxygens (including phenoxy) is 5. The van der Waals surface area contributed by atoms with Gasteiger partial charge in [0.25, 0.3) is 0 Å². The summed E-state index contributed by atoms with van der Waals surface area (Å²) >= 11 is 0. The Labute approximate surface area is 244 Å². The van der Waals surface area contributed by atoms with Crippen molar-refractivity contribution in [3.63, 3.8) is 0 Å². The van der Waals surface area contributed by atoms with Gasteiger partial charge in [0.05, 0.1) is 57.3 Å². The molecule has 0 spiro atoms. The van der Waals surface area contributed by atoms with Gasteiger partial charge in [0.1, 0.15) is 18.2 Å². The number of benzene rings is 1. The molecule has 42 heavy (non-hydrogen) atoms. The average molecular weight is 589 g/mol. The molecule has 1 aromatic heterocycles. The van der Waals surface area contributed by atoms with Gasteiger partial charge in [-0.2, -0.15) is 0 Å². The number of aromatic nitrogens is 2. The predicted molar refractivity (Wildman–Crippen MR) is 153 cm³/mol. The van der Waals surface area contributed by atoms with Crippen LogP contribution in [-0.4, -0.2) is 92.0 Å². The summed E-state index contributed by atoms with van der Waals surface area (Å²) < 4.78 is 29.8. The molecule has 0 saturated carbocycles. The SMILES string of the molecule is Cn1c(=O)n(C2CCC(=O)NC2=O)c2ccc(C#CCOCCOCCOCCOCCNC(=O)OC(C)(C)C)cc21. The number of amides is 3. The topological polar surface area (TPSA) is 148 Å². The van der Waals surface area contributed by atoms with Gasteiger partial charge in [0.2, 0.25) is 11.8 Å². The van der Waals surface area contributed by atoms with Gasteiger partial charge in [-0.1, -0.05) is 11.8 Å². The highest BCUT2D eigenvalue weighted by Crippen LogP contribution is 2.23. The first-order chi connectivity index (χ1) is 20.1. The molecule has 0 radical (unpaired) electrons. The van der Waals surface area contributed by atoms with Crippen LogP contribution in [0.1, 0.15) is 45.2 Å². The number of hydrogen-bond acceptors (Lipinski definition) is 9. The molecule has 1 unspecified atom stereocenters. The van der Waals surface area contributed by atoms with Crippen LogP contribution >= 0.6 is 0 Å². The number of imide groups is 1. The van der Waals surface area contributed by atoms with E-state index in [0.29, 0.717) is 69.4 Å². The van der Waals surface area contributed by atoms with E-state index >= 15 is 0 Å². The highest BCUT2D eigenvalue weighted by atomic mass is 16.6. The quantitative estimate of drug-likeness (QED) is 0.189. The monoisotopic (exact) mass is 588 g/mol. The van der Waals surface area contributed by atoms with Gasteiger partial charge in [-0.15, -0.1) is 0 Å². The number of alkyl carbamates (subject to hydrolysis) is 1. The average Bonchev–Trinajstić information content (AvgIpc) is 3.16. The minimum atomic E-state index is -0.724. The molecule has 3 rings (SSSR count). The summed E-state index contributed by atoms with van der Waals surface area (Å²) in [4.78, 5) is 48.2. The van der Waals surface area contributed by atoms with Gasteiger partial charge in [0, 0.05) is 25.6 Å². The molecule has 2 heterocycles. The Morgan fingerprint density at radius 1 is 0.976 bits per heavy atom. The van der Waals surface area contributed by atoms with Crippen molar-refractivity contribution in [3.05, 3.63) is 34.2 Å². The van der Waals surface area contributed by atoms with E-state index < -0.39 is 23.6 Å². The van der Waals surface area contributed by atoms with Crippen LogP contribution in [0, 0.1) is 11.8 Å². The number of aryl methyl sites for hydroxylation is 1. The van der Waals surface area contributed by atoms with Crippen molar-refractivity contribution < 1.29 is 38.1 Å². The molecule has 13 nitrogen and oxygen atoms in total. The molecule has 230 valence electrons. The third kappa shape index (κ3) is 10.3. The van der Waals surface area contributed by atoms with Crippen LogP contribution in [0.5, 0.6) is 0 Å². The maximum absolute atomic E-state index is 12.8. The summed E-state index contributed by atoms with van der Waals surface area (Å²) in [5, 5.41) is 4.92. The van der Waals surface area contributed by atoms with E-state index in [1.54, 1.807) is 46.0 Å². The summed E-state index contributed by atoms with van der Waals surface area (Å²) in [7, 11) is 1.64. The summed E-state index contributed by atoms with van der Waals surface area (Å²) in [5.41, 5.74) is 1.12. The minimum absolute atomic E-state index is 0.191. The van der Waals surface area contributed by atoms with E-state index in [4.69, 9.17) is 23.7 Å². The zero-order valence-corrected chi connectivity index (χ0v) is 24.7. The highest BCUT2D eigenvalue weighted by molar-refractivity contribution is 6.00. The first kappa shape index (κ1) is 32.8. The molecule has 13 heteroatoms. The lowest BCUT2D eigenvalue weighted by Gasteiger charge is -2.21. The van der Waals surface area contributed by atoms with Crippen LogP contribution in [0.2, 0.25) is 0 Å². The Bertz CT molecular complexity index is 1350. The zero-order chi connectivity index (χ0) is 30.5. The summed E-state index contributed by atoms with van der Waals surface area (Å²) in [6.45, 7) is 8.82. The molecule has 3 amide bonds.